The molecule has 1 saturated heterocycles. The van der Waals surface area contributed by atoms with Gasteiger partial charge < -0.3 is 10.1 Å². The molecule has 21 heavy (non-hydrogen) atoms. The van der Waals surface area contributed by atoms with Gasteiger partial charge in [-0.3, -0.25) is 4.79 Å². The fourth-order valence-corrected chi connectivity index (χ4v) is 2.26. The van der Waals surface area contributed by atoms with Crippen molar-refractivity contribution in [1.29, 1.82) is 0 Å². The van der Waals surface area contributed by atoms with Crippen molar-refractivity contribution in [3.63, 3.8) is 0 Å². The number of rotatable bonds is 4. The first-order valence-electron chi connectivity index (χ1n) is 7.08. The van der Waals surface area contributed by atoms with Crippen LogP contribution in [-0.4, -0.2) is 40.7 Å². The number of hydrogen-bond acceptors (Lipinski definition) is 4. The number of amides is 1. The Hall–Kier alpha value is -2.21. The Morgan fingerprint density at radius 2 is 2.24 bits per heavy atom. The molecule has 1 aliphatic heterocycles. The summed E-state index contributed by atoms with van der Waals surface area (Å²) in [6.45, 7) is 4.15. The first-order chi connectivity index (χ1) is 10.2. The van der Waals surface area contributed by atoms with Crippen LogP contribution in [0.1, 0.15) is 22.5 Å². The number of nitrogens with one attached hydrogen (secondary N) is 1. The molecule has 1 atom stereocenters. The number of nitrogens with zero attached hydrogens (tertiary/aromatic N) is 3. The van der Waals surface area contributed by atoms with Gasteiger partial charge in [0, 0.05) is 19.1 Å². The Bertz CT molecular complexity index is 615. The third kappa shape index (κ3) is 3.28. The van der Waals surface area contributed by atoms with Crippen molar-refractivity contribution >= 4 is 5.91 Å². The topological polar surface area (TPSA) is 69.0 Å². The molecule has 6 nitrogen and oxygen atoms in total. The molecule has 1 amide bonds. The minimum atomic E-state index is -0.194. The van der Waals surface area contributed by atoms with E-state index in [1.807, 2.05) is 31.2 Å². The molecular formula is C15H18N4O2. The van der Waals surface area contributed by atoms with Crippen LogP contribution in [0.15, 0.2) is 30.5 Å². The van der Waals surface area contributed by atoms with Gasteiger partial charge in [-0.05, 0) is 25.5 Å². The minimum absolute atomic E-state index is 0.194. The van der Waals surface area contributed by atoms with Crippen LogP contribution < -0.4 is 5.32 Å². The summed E-state index contributed by atoms with van der Waals surface area (Å²) in [5.74, 6) is 0.210. The van der Waals surface area contributed by atoms with Crippen molar-refractivity contribution in [3.05, 3.63) is 41.7 Å². The van der Waals surface area contributed by atoms with Gasteiger partial charge in [0.25, 0.3) is 5.91 Å². The van der Waals surface area contributed by atoms with E-state index in [2.05, 4.69) is 15.6 Å². The molecule has 2 heterocycles. The number of carbonyl (C=O) groups excluding carboxylic acids is 1. The van der Waals surface area contributed by atoms with Crippen LogP contribution in [0.25, 0.3) is 5.69 Å². The van der Waals surface area contributed by atoms with E-state index in [4.69, 9.17) is 4.74 Å². The van der Waals surface area contributed by atoms with Crippen LogP contribution in [0.2, 0.25) is 0 Å². The van der Waals surface area contributed by atoms with Crippen LogP contribution in [0.5, 0.6) is 0 Å². The third-order valence-corrected chi connectivity index (χ3v) is 3.60. The molecule has 3 rings (SSSR count). The maximum Gasteiger partial charge on any atom is 0.273 e. The highest BCUT2D eigenvalue weighted by Gasteiger charge is 2.18. The van der Waals surface area contributed by atoms with Gasteiger partial charge in [-0.15, -0.1) is 5.10 Å². The monoisotopic (exact) mass is 286 g/mol. The number of ether oxygens (including phenoxy) is 1. The van der Waals surface area contributed by atoms with E-state index in [1.54, 1.807) is 10.9 Å². The molecule has 2 aromatic rings. The second kappa shape index (κ2) is 6.05. The van der Waals surface area contributed by atoms with Crippen LogP contribution in [0.4, 0.5) is 0 Å². The van der Waals surface area contributed by atoms with Crippen LogP contribution in [-0.2, 0) is 4.74 Å². The standard InChI is InChI=1S/C15H18N4O2/c1-11-2-4-13(5-3-11)19-9-14(17-18-19)15(20)16-8-12-6-7-21-10-12/h2-5,9,12H,6-8,10H2,1H3,(H,16,20). The molecule has 110 valence electrons. The van der Waals surface area contributed by atoms with E-state index in [1.165, 1.54) is 5.56 Å². The lowest BCUT2D eigenvalue weighted by molar-refractivity contribution is 0.0940. The molecule has 6 heteroatoms. The van der Waals surface area contributed by atoms with Crippen LogP contribution in [0, 0.1) is 12.8 Å². The summed E-state index contributed by atoms with van der Waals surface area (Å²) in [5, 5.41) is 10.8. The Labute approximate surface area is 123 Å². The zero-order valence-electron chi connectivity index (χ0n) is 12.0. The number of aromatic nitrogens is 3. The Morgan fingerprint density at radius 1 is 1.43 bits per heavy atom. The van der Waals surface area contributed by atoms with Crippen molar-refractivity contribution in [2.75, 3.05) is 19.8 Å². The van der Waals surface area contributed by atoms with Crippen molar-refractivity contribution < 1.29 is 9.53 Å². The van der Waals surface area contributed by atoms with E-state index in [0.717, 1.165) is 25.3 Å². The molecule has 1 aromatic heterocycles. The molecule has 1 unspecified atom stereocenters. The number of hydrogen-bond donors (Lipinski definition) is 1. The normalized spacial score (nSPS) is 17.9. The van der Waals surface area contributed by atoms with Crippen molar-refractivity contribution in [2.24, 2.45) is 5.92 Å². The van der Waals surface area contributed by atoms with Crippen LogP contribution in [0.3, 0.4) is 0 Å². The molecule has 1 aromatic carbocycles. The molecular weight excluding hydrogens is 268 g/mol. The zero-order chi connectivity index (χ0) is 14.7. The Balaban J connectivity index is 1.63. The van der Waals surface area contributed by atoms with E-state index in [9.17, 15) is 4.79 Å². The molecule has 1 fully saturated rings. The van der Waals surface area contributed by atoms with Gasteiger partial charge in [0.05, 0.1) is 18.5 Å². The molecule has 0 spiro atoms. The number of aryl methyl sites for hydroxylation is 1. The molecule has 0 bridgehead atoms. The van der Waals surface area contributed by atoms with Gasteiger partial charge in [-0.25, -0.2) is 4.68 Å². The SMILES string of the molecule is Cc1ccc(-n2cc(C(=O)NCC3CCOC3)nn2)cc1. The second-order valence-electron chi connectivity index (χ2n) is 5.32. The summed E-state index contributed by atoms with van der Waals surface area (Å²) in [6.07, 6.45) is 2.64. The predicted molar refractivity (Wildman–Crippen MR) is 77.4 cm³/mol. The summed E-state index contributed by atoms with van der Waals surface area (Å²) in [4.78, 5) is 12.0. The first-order valence-corrected chi connectivity index (χ1v) is 7.08. The quantitative estimate of drug-likeness (QED) is 0.921. The third-order valence-electron chi connectivity index (χ3n) is 3.60. The van der Waals surface area contributed by atoms with Crippen molar-refractivity contribution in [1.82, 2.24) is 20.3 Å². The predicted octanol–water partition coefficient (Wildman–Crippen LogP) is 1.34. The average molecular weight is 286 g/mol. The van der Waals surface area contributed by atoms with Gasteiger partial charge in [0.2, 0.25) is 0 Å². The largest absolute Gasteiger partial charge is 0.381 e. The molecule has 1 N–H and O–H groups in total. The lowest BCUT2D eigenvalue weighted by Crippen LogP contribution is -2.29. The smallest absolute Gasteiger partial charge is 0.273 e. The van der Waals surface area contributed by atoms with Gasteiger partial charge in [0.15, 0.2) is 5.69 Å². The fraction of sp³-hybridized carbons (Fsp3) is 0.400. The first kappa shape index (κ1) is 13.8. The van der Waals surface area contributed by atoms with E-state index in [-0.39, 0.29) is 5.91 Å². The molecule has 1 aliphatic rings. The molecule has 0 radical (unpaired) electrons. The molecule has 0 saturated carbocycles. The summed E-state index contributed by atoms with van der Waals surface area (Å²) < 4.78 is 6.89. The van der Waals surface area contributed by atoms with Gasteiger partial charge in [-0.1, -0.05) is 22.9 Å². The number of carbonyl (C=O) groups is 1. The lowest BCUT2D eigenvalue weighted by Gasteiger charge is -2.07. The van der Waals surface area contributed by atoms with Crippen molar-refractivity contribution in [3.8, 4) is 5.69 Å². The van der Waals surface area contributed by atoms with Gasteiger partial charge in [0.1, 0.15) is 0 Å². The number of benzene rings is 1. The van der Waals surface area contributed by atoms with E-state index in [0.29, 0.717) is 18.2 Å². The summed E-state index contributed by atoms with van der Waals surface area (Å²) in [6, 6.07) is 7.89. The second-order valence-corrected chi connectivity index (χ2v) is 5.32. The van der Waals surface area contributed by atoms with Crippen LogP contribution >= 0.6 is 0 Å². The average Bonchev–Trinajstić information content (AvgIpc) is 3.17. The highest BCUT2D eigenvalue weighted by Crippen LogP contribution is 2.11. The summed E-state index contributed by atoms with van der Waals surface area (Å²) in [7, 11) is 0. The fourth-order valence-electron chi connectivity index (χ4n) is 2.26. The highest BCUT2D eigenvalue weighted by atomic mass is 16.5. The molecule has 0 aliphatic carbocycles. The highest BCUT2D eigenvalue weighted by molar-refractivity contribution is 5.91. The van der Waals surface area contributed by atoms with Gasteiger partial charge >= 0.3 is 0 Å². The van der Waals surface area contributed by atoms with E-state index < -0.39 is 0 Å². The zero-order valence-corrected chi connectivity index (χ0v) is 12.0. The maximum absolute atomic E-state index is 12.0. The summed E-state index contributed by atoms with van der Waals surface area (Å²) >= 11 is 0. The minimum Gasteiger partial charge on any atom is -0.381 e. The van der Waals surface area contributed by atoms with Crippen molar-refractivity contribution in [2.45, 2.75) is 13.3 Å². The summed E-state index contributed by atoms with van der Waals surface area (Å²) in [5.41, 5.74) is 2.39. The Kier molecular flexibility index (Phi) is 3.96. The van der Waals surface area contributed by atoms with E-state index >= 15 is 0 Å². The lowest BCUT2D eigenvalue weighted by atomic mass is 10.1. The van der Waals surface area contributed by atoms with Gasteiger partial charge in [-0.2, -0.15) is 0 Å². The Morgan fingerprint density at radius 3 is 2.95 bits per heavy atom. The maximum atomic E-state index is 12.0.